The third-order valence-corrected chi connectivity index (χ3v) is 3.19. The molecule has 0 saturated heterocycles. The van der Waals surface area contributed by atoms with Crippen molar-refractivity contribution in [1.29, 1.82) is 0 Å². The average molecular weight is 275 g/mol. The molecule has 0 unspecified atom stereocenters. The van der Waals surface area contributed by atoms with Crippen molar-refractivity contribution in [3.63, 3.8) is 0 Å². The molecule has 19 heavy (non-hydrogen) atoms. The number of nitrogens with one attached hydrogen (secondary N) is 2. The van der Waals surface area contributed by atoms with Crippen LogP contribution in [0.25, 0.3) is 0 Å². The third kappa shape index (κ3) is 3.89. The van der Waals surface area contributed by atoms with Crippen LogP contribution in [0.1, 0.15) is 22.3 Å². The molecule has 0 aliphatic rings. The molecule has 0 atom stereocenters. The van der Waals surface area contributed by atoms with Gasteiger partial charge in [0.15, 0.2) is 5.78 Å². The van der Waals surface area contributed by atoms with E-state index in [1.165, 1.54) is 18.3 Å². The zero-order valence-electron chi connectivity index (χ0n) is 10.3. The van der Waals surface area contributed by atoms with Crippen LogP contribution in [0.4, 0.5) is 10.5 Å². The first-order chi connectivity index (χ1) is 9.15. The number of carbonyl (C=O) groups excluding carboxylic acids is 2. The van der Waals surface area contributed by atoms with Gasteiger partial charge in [0, 0.05) is 22.8 Å². The number of hydrogen-bond donors (Lipinski definition) is 2. The van der Waals surface area contributed by atoms with Crippen molar-refractivity contribution >= 4 is 28.8 Å². The van der Waals surface area contributed by atoms with E-state index in [2.05, 4.69) is 15.6 Å². The van der Waals surface area contributed by atoms with Gasteiger partial charge in [-0.3, -0.25) is 4.79 Å². The number of thiazole rings is 1. The minimum absolute atomic E-state index is 0.0353. The molecule has 0 spiro atoms. The van der Waals surface area contributed by atoms with E-state index in [1.54, 1.807) is 30.5 Å². The molecule has 5 nitrogen and oxygen atoms in total. The first kappa shape index (κ1) is 13.2. The highest BCUT2D eigenvalue weighted by molar-refractivity contribution is 7.09. The van der Waals surface area contributed by atoms with Crippen molar-refractivity contribution in [2.24, 2.45) is 0 Å². The molecule has 0 aliphatic carbocycles. The highest BCUT2D eigenvalue weighted by atomic mass is 32.1. The fraction of sp³-hybridized carbons (Fsp3) is 0.154. The number of rotatable bonds is 4. The summed E-state index contributed by atoms with van der Waals surface area (Å²) in [4.78, 5) is 27.0. The van der Waals surface area contributed by atoms with Gasteiger partial charge in [-0.15, -0.1) is 11.3 Å². The molecule has 98 valence electrons. The molecule has 1 heterocycles. The van der Waals surface area contributed by atoms with Crippen LogP contribution in [-0.4, -0.2) is 16.8 Å². The Balaban J connectivity index is 1.91. The lowest BCUT2D eigenvalue weighted by molar-refractivity contribution is 0.101. The maximum atomic E-state index is 11.7. The first-order valence-electron chi connectivity index (χ1n) is 5.69. The van der Waals surface area contributed by atoms with E-state index >= 15 is 0 Å². The Labute approximate surface area is 114 Å². The average Bonchev–Trinajstić information content (AvgIpc) is 2.90. The van der Waals surface area contributed by atoms with Gasteiger partial charge in [0.2, 0.25) is 0 Å². The second-order valence-corrected chi connectivity index (χ2v) is 4.85. The number of hydrogen-bond acceptors (Lipinski definition) is 4. The number of aromatic nitrogens is 1. The molecule has 0 fully saturated rings. The minimum Gasteiger partial charge on any atom is -0.331 e. The summed E-state index contributed by atoms with van der Waals surface area (Å²) >= 11 is 1.48. The van der Waals surface area contributed by atoms with E-state index in [-0.39, 0.29) is 11.8 Å². The van der Waals surface area contributed by atoms with E-state index in [4.69, 9.17) is 0 Å². The standard InChI is InChI=1S/C13H13N3O2S/c1-9(17)10-3-2-4-11(7-10)16-13(18)15-8-12-14-5-6-19-12/h2-7H,8H2,1H3,(H2,15,16,18). The van der Waals surface area contributed by atoms with Crippen molar-refractivity contribution in [2.75, 3.05) is 5.32 Å². The Kier molecular flexibility index (Phi) is 4.25. The van der Waals surface area contributed by atoms with Gasteiger partial charge >= 0.3 is 6.03 Å². The maximum absolute atomic E-state index is 11.7. The van der Waals surface area contributed by atoms with Gasteiger partial charge in [-0.25, -0.2) is 9.78 Å². The fourth-order valence-electron chi connectivity index (χ4n) is 1.49. The Bertz CT molecular complexity index is 581. The number of benzene rings is 1. The lowest BCUT2D eigenvalue weighted by Gasteiger charge is -2.07. The lowest BCUT2D eigenvalue weighted by Crippen LogP contribution is -2.28. The van der Waals surface area contributed by atoms with Crippen LogP contribution in [0.15, 0.2) is 35.8 Å². The Morgan fingerprint density at radius 3 is 2.89 bits per heavy atom. The van der Waals surface area contributed by atoms with E-state index in [0.29, 0.717) is 17.8 Å². The zero-order chi connectivity index (χ0) is 13.7. The van der Waals surface area contributed by atoms with E-state index in [9.17, 15) is 9.59 Å². The van der Waals surface area contributed by atoms with Crippen molar-refractivity contribution in [3.05, 3.63) is 46.4 Å². The van der Waals surface area contributed by atoms with Crippen molar-refractivity contribution in [3.8, 4) is 0 Å². The molecule has 0 aliphatic heterocycles. The van der Waals surface area contributed by atoms with Gasteiger partial charge in [-0.2, -0.15) is 0 Å². The monoisotopic (exact) mass is 275 g/mol. The van der Waals surface area contributed by atoms with Gasteiger partial charge < -0.3 is 10.6 Å². The van der Waals surface area contributed by atoms with Gasteiger partial charge in [-0.1, -0.05) is 12.1 Å². The van der Waals surface area contributed by atoms with E-state index < -0.39 is 0 Å². The molecule has 1 aromatic carbocycles. The smallest absolute Gasteiger partial charge is 0.319 e. The summed E-state index contributed by atoms with van der Waals surface area (Å²) in [5, 5.41) is 8.06. The summed E-state index contributed by atoms with van der Waals surface area (Å²) in [6.45, 7) is 1.87. The number of carbonyl (C=O) groups is 2. The first-order valence-corrected chi connectivity index (χ1v) is 6.57. The Morgan fingerprint density at radius 1 is 1.37 bits per heavy atom. The topological polar surface area (TPSA) is 71.1 Å². The molecule has 2 rings (SSSR count). The number of amides is 2. The Hall–Kier alpha value is -2.21. The summed E-state index contributed by atoms with van der Waals surface area (Å²) in [6.07, 6.45) is 1.69. The molecule has 2 aromatic rings. The number of urea groups is 1. The second kappa shape index (κ2) is 6.10. The third-order valence-electron chi connectivity index (χ3n) is 2.41. The molecular formula is C13H13N3O2S. The summed E-state index contributed by atoms with van der Waals surface area (Å²) in [5.41, 5.74) is 1.15. The molecule has 0 bridgehead atoms. The molecule has 6 heteroatoms. The van der Waals surface area contributed by atoms with Crippen molar-refractivity contribution in [1.82, 2.24) is 10.3 Å². The highest BCUT2D eigenvalue weighted by Gasteiger charge is 2.05. The van der Waals surface area contributed by atoms with Crippen molar-refractivity contribution in [2.45, 2.75) is 13.5 Å². The summed E-state index contributed by atoms with van der Waals surface area (Å²) in [5.74, 6) is -0.0353. The zero-order valence-corrected chi connectivity index (χ0v) is 11.2. The number of Topliss-reactive ketones (excluding diaryl/α,β-unsaturated/α-hetero) is 1. The maximum Gasteiger partial charge on any atom is 0.319 e. The highest BCUT2D eigenvalue weighted by Crippen LogP contribution is 2.11. The predicted molar refractivity (Wildman–Crippen MR) is 74.4 cm³/mol. The molecule has 1 aromatic heterocycles. The summed E-state index contributed by atoms with van der Waals surface area (Å²) in [7, 11) is 0. The summed E-state index contributed by atoms with van der Waals surface area (Å²) in [6, 6.07) is 6.49. The lowest BCUT2D eigenvalue weighted by atomic mass is 10.1. The molecular weight excluding hydrogens is 262 g/mol. The minimum atomic E-state index is -0.323. The number of ketones is 1. The summed E-state index contributed by atoms with van der Waals surface area (Å²) < 4.78 is 0. The molecule has 2 amide bonds. The van der Waals surface area contributed by atoms with Gasteiger partial charge in [0.1, 0.15) is 5.01 Å². The SMILES string of the molecule is CC(=O)c1cccc(NC(=O)NCc2nccs2)c1. The molecule has 0 saturated carbocycles. The van der Waals surface area contributed by atoms with E-state index in [0.717, 1.165) is 5.01 Å². The van der Waals surface area contributed by atoms with Crippen molar-refractivity contribution < 1.29 is 9.59 Å². The number of nitrogens with zero attached hydrogens (tertiary/aromatic N) is 1. The van der Waals surface area contributed by atoms with Gasteiger partial charge in [-0.05, 0) is 19.1 Å². The molecule has 2 N–H and O–H groups in total. The number of anilines is 1. The van der Waals surface area contributed by atoms with Crippen LogP contribution < -0.4 is 10.6 Å². The molecule has 0 radical (unpaired) electrons. The van der Waals surface area contributed by atoms with E-state index in [1.807, 2.05) is 5.38 Å². The normalized spacial score (nSPS) is 9.95. The van der Waals surface area contributed by atoms with Crippen LogP contribution in [0.5, 0.6) is 0 Å². The predicted octanol–water partition coefficient (Wildman–Crippen LogP) is 2.67. The van der Waals surface area contributed by atoms with Gasteiger partial charge in [0.25, 0.3) is 0 Å². The quantitative estimate of drug-likeness (QED) is 0.843. The second-order valence-electron chi connectivity index (χ2n) is 3.87. The van der Waals surface area contributed by atoms with Crippen LogP contribution in [0, 0.1) is 0 Å². The fourth-order valence-corrected chi connectivity index (χ4v) is 2.04. The van der Waals surface area contributed by atoms with Crippen LogP contribution >= 0.6 is 11.3 Å². The van der Waals surface area contributed by atoms with Crippen LogP contribution in [-0.2, 0) is 6.54 Å². The largest absolute Gasteiger partial charge is 0.331 e. The van der Waals surface area contributed by atoms with Crippen LogP contribution in [0.3, 0.4) is 0 Å². The van der Waals surface area contributed by atoms with Crippen LogP contribution in [0.2, 0.25) is 0 Å². The van der Waals surface area contributed by atoms with Gasteiger partial charge in [0.05, 0.1) is 6.54 Å². The Morgan fingerprint density at radius 2 is 2.21 bits per heavy atom.